The first-order valence-corrected chi connectivity index (χ1v) is 12.0. The minimum atomic E-state index is -0.709. The Hall–Kier alpha value is -2.20. The van der Waals surface area contributed by atoms with Gasteiger partial charge >= 0.3 is 0 Å². The Morgan fingerprint density at radius 1 is 0.735 bits per heavy atom. The van der Waals surface area contributed by atoms with Crippen molar-refractivity contribution in [3.05, 3.63) is 58.7 Å². The van der Waals surface area contributed by atoms with Crippen LogP contribution in [0.15, 0.2) is 36.4 Å². The van der Waals surface area contributed by atoms with Crippen LogP contribution < -0.4 is 10.6 Å². The van der Waals surface area contributed by atoms with Crippen LogP contribution in [-0.4, -0.2) is 56.8 Å². The molecule has 2 aromatic carbocycles. The van der Waals surface area contributed by atoms with Crippen LogP contribution in [0, 0.1) is 11.8 Å². The summed E-state index contributed by atoms with van der Waals surface area (Å²) in [5, 5.41) is 65.5. The van der Waals surface area contributed by atoms with E-state index >= 15 is 0 Å². The van der Waals surface area contributed by atoms with E-state index < -0.39 is 12.2 Å². The second-order valence-electron chi connectivity index (χ2n) is 9.34. The zero-order valence-corrected chi connectivity index (χ0v) is 19.5. The highest BCUT2D eigenvalue weighted by atomic mass is 16.3. The molecule has 1 saturated carbocycles. The van der Waals surface area contributed by atoms with Crippen molar-refractivity contribution < 1.29 is 30.6 Å². The largest absolute Gasteiger partial charge is 0.508 e. The van der Waals surface area contributed by atoms with Gasteiger partial charge in [-0.15, -0.1) is 0 Å². The van der Waals surface area contributed by atoms with Gasteiger partial charge in [0, 0.05) is 24.2 Å². The molecule has 3 rings (SSSR count). The topological polar surface area (TPSA) is 145 Å². The van der Waals surface area contributed by atoms with Crippen molar-refractivity contribution >= 4 is 0 Å². The summed E-state index contributed by atoms with van der Waals surface area (Å²) in [4.78, 5) is 0. The number of aliphatic hydroxyl groups excluding tert-OH is 4. The van der Waals surface area contributed by atoms with Crippen LogP contribution in [0.4, 0.5) is 0 Å². The molecule has 1 fully saturated rings. The standard InChI is InChI=1S/C26H38N2O6/c29-15-21-9-19(4-6-23(21)31)25(33)13-27-11-17-2-1-3-18(8-17)12-28-14-26(34)20-5-7-24(32)22(10-20)16-30/h4-7,9-10,17-18,25-34H,1-3,8,11-16H2. The maximum Gasteiger partial charge on any atom is 0.121 e. The zero-order chi connectivity index (χ0) is 24.5. The van der Waals surface area contributed by atoms with Crippen molar-refractivity contribution in [2.24, 2.45) is 11.8 Å². The quantitative estimate of drug-likeness (QED) is 0.233. The highest BCUT2D eigenvalue weighted by Gasteiger charge is 2.22. The molecule has 188 valence electrons. The van der Waals surface area contributed by atoms with Crippen LogP contribution >= 0.6 is 0 Å². The van der Waals surface area contributed by atoms with Gasteiger partial charge in [0.1, 0.15) is 11.5 Å². The van der Waals surface area contributed by atoms with E-state index in [4.69, 9.17) is 0 Å². The van der Waals surface area contributed by atoms with E-state index in [0.717, 1.165) is 38.8 Å². The summed E-state index contributed by atoms with van der Waals surface area (Å²) in [5.74, 6) is 1.10. The average Bonchev–Trinajstić information content (AvgIpc) is 2.84. The van der Waals surface area contributed by atoms with E-state index in [2.05, 4.69) is 10.6 Å². The first-order valence-electron chi connectivity index (χ1n) is 12.0. The van der Waals surface area contributed by atoms with Crippen molar-refractivity contribution in [2.75, 3.05) is 26.2 Å². The summed E-state index contributed by atoms with van der Waals surface area (Å²) in [5.41, 5.74) is 2.14. The summed E-state index contributed by atoms with van der Waals surface area (Å²) in [6.07, 6.45) is 3.11. The predicted octanol–water partition coefficient (Wildman–Crippen LogP) is 1.83. The fourth-order valence-corrected chi connectivity index (χ4v) is 4.74. The number of aliphatic hydroxyl groups is 4. The van der Waals surface area contributed by atoms with Crippen LogP contribution in [-0.2, 0) is 13.2 Å². The molecule has 0 saturated heterocycles. The van der Waals surface area contributed by atoms with E-state index in [1.54, 1.807) is 24.3 Å². The number of hydrogen-bond acceptors (Lipinski definition) is 8. The summed E-state index contributed by atoms with van der Waals surface area (Å²) in [7, 11) is 0. The molecule has 2 aromatic rings. The van der Waals surface area contributed by atoms with Gasteiger partial charge in [-0.05, 0) is 79.6 Å². The maximum atomic E-state index is 10.4. The van der Waals surface area contributed by atoms with Gasteiger partial charge in [-0.25, -0.2) is 0 Å². The van der Waals surface area contributed by atoms with Crippen molar-refractivity contribution in [1.82, 2.24) is 10.6 Å². The van der Waals surface area contributed by atoms with Crippen LogP contribution in [0.3, 0.4) is 0 Å². The maximum absolute atomic E-state index is 10.4. The molecular formula is C26H38N2O6. The summed E-state index contributed by atoms with van der Waals surface area (Å²) >= 11 is 0. The van der Waals surface area contributed by atoms with Gasteiger partial charge in [-0.2, -0.15) is 0 Å². The molecule has 0 amide bonds. The molecule has 4 unspecified atom stereocenters. The first kappa shape index (κ1) is 26.4. The molecule has 34 heavy (non-hydrogen) atoms. The number of aromatic hydroxyl groups is 2. The molecule has 1 aliphatic carbocycles. The Bertz CT molecular complexity index is 837. The number of benzene rings is 2. The molecule has 8 N–H and O–H groups in total. The summed E-state index contributed by atoms with van der Waals surface area (Å²) in [6, 6.07) is 9.57. The normalized spacial score (nSPS) is 20.2. The molecule has 1 aliphatic rings. The molecule has 0 radical (unpaired) electrons. The molecular weight excluding hydrogens is 436 g/mol. The Balaban J connectivity index is 1.38. The Morgan fingerprint density at radius 3 is 1.59 bits per heavy atom. The molecule has 0 aliphatic heterocycles. The number of hydrogen-bond donors (Lipinski definition) is 8. The lowest BCUT2D eigenvalue weighted by atomic mass is 9.81. The predicted molar refractivity (Wildman–Crippen MR) is 129 cm³/mol. The molecule has 0 heterocycles. The lowest BCUT2D eigenvalue weighted by Gasteiger charge is -2.30. The Labute approximate surface area is 200 Å². The number of nitrogens with one attached hydrogen (secondary N) is 2. The first-order chi connectivity index (χ1) is 16.4. The SMILES string of the molecule is OCc1cc(C(O)CNCC2CCCC(CNCC(O)c3ccc(O)c(CO)c3)C2)ccc1O. The third kappa shape index (κ3) is 7.40. The van der Waals surface area contributed by atoms with Crippen molar-refractivity contribution in [2.45, 2.75) is 51.1 Å². The minimum Gasteiger partial charge on any atom is -0.508 e. The monoisotopic (exact) mass is 474 g/mol. The van der Waals surface area contributed by atoms with Gasteiger partial charge in [0.25, 0.3) is 0 Å². The highest BCUT2D eigenvalue weighted by molar-refractivity contribution is 5.37. The number of phenols is 2. The van der Waals surface area contributed by atoms with Gasteiger partial charge in [0.05, 0.1) is 25.4 Å². The van der Waals surface area contributed by atoms with E-state index in [9.17, 15) is 30.6 Å². The summed E-state index contributed by atoms with van der Waals surface area (Å²) in [6.45, 7) is 1.91. The molecule has 0 bridgehead atoms. The van der Waals surface area contributed by atoms with Crippen molar-refractivity contribution in [3.8, 4) is 11.5 Å². The van der Waals surface area contributed by atoms with Gasteiger partial charge in [-0.3, -0.25) is 0 Å². The molecule has 4 atom stereocenters. The van der Waals surface area contributed by atoms with E-state index in [0.29, 0.717) is 47.2 Å². The molecule has 8 heteroatoms. The smallest absolute Gasteiger partial charge is 0.121 e. The van der Waals surface area contributed by atoms with Crippen LogP contribution in [0.2, 0.25) is 0 Å². The minimum absolute atomic E-state index is 0.0266. The van der Waals surface area contributed by atoms with Gasteiger partial charge in [-0.1, -0.05) is 18.6 Å². The third-order valence-corrected chi connectivity index (χ3v) is 6.75. The van der Waals surface area contributed by atoms with Crippen molar-refractivity contribution in [3.63, 3.8) is 0 Å². The Morgan fingerprint density at radius 2 is 1.18 bits per heavy atom. The van der Waals surface area contributed by atoms with Crippen LogP contribution in [0.25, 0.3) is 0 Å². The fourth-order valence-electron chi connectivity index (χ4n) is 4.74. The van der Waals surface area contributed by atoms with E-state index in [1.165, 1.54) is 12.1 Å². The molecule has 0 spiro atoms. The average molecular weight is 475 g/mol. The van der Waals surface area contributed by atoms with E-state index in [1.807, 2.05) is 0 Å². The van der Waals surface area contributed by atoms with Crippen molar-refractivity contribution in [1.29, 1.82) is 0 Å². The fraction of sp³-hybridized carbons (Fsp3) is 0.538. The lowest BCUT2D eigenvalue weighted by molar-refractivity contribution is 0.162. The lowest BCUT2D eigenvalue weighted by Crippen LogP contribution is -2.34. The van der Waals surface area contributed by atoms with E-state index in [-0.39, 0.29) is 24.7 Å². The second kappa shape index (κ2) is 13.0. The third-order valence-electron chi connectivity index (χ3n) is 6.75. The second-order valence-corrected chi connectivity index (χ2v) is 9.34. The van der Waals surface area contributed by atoms with Crippen LogP contribution in [0.5, 0.6) is 11.5 Å². The molecule has 0 aromatic heterocycles. The Kier molecular flexibility index (Phi) is 10.1. The van der Waals surface area contributed by atoms with Gasteiger partial charge in [0.2, 0.25) is 0 Å². The zero-order valence-electron chi connectivity index (χ0n) is 19.5. The van der Waals surface area contributed by atoms with Crippen LogP contribution in [0.1, 0.15) is 60.1 Å². The molecule has 8 nitrogen and oxygen atoms in total. The van der Waals surface area contributed by atoms with Gasteiger partial charge in [0.15, 0.2) is 0 Å². The summed E-state index contributed by atoms with van der Waals surface area (Å²) < 4.78 is 0. The highest BCUT2D eigenvalue weighted by Crippen LogP contribution is 2.29. The number of rotatable bonds is 12. The van der Waals surface area contributed by atoms with Gasteiger partial charge < -0.3 is 41.3 Å².